The standard InChI is InChI=1S/C17H22N6O3/c1-18-17-19-12(10-4-6-26-9-10)7-14(20-17)23-5-3-13-11(8-23)15(16(24)25)21-22(13)2/h7,10H,3-6,8-9H2,1-2H3,(H,24,25)(H,18,19,20). The Kier molecular flexibility index (Phi) is 4.23. The van der Waals surface area contributed by atoms with E-state index in [9.17, 15) is 9.90 Å². The smallest absolute Gasteiger partial charge is 0.356 e. The summed E-state index contributed by atoms with van der Waals surface area (Å²) in [5.41, 5.74) is 2.83. The fourth-order valence-electron chi connectivity index (χ4n) is 3.66. The summed E-state index contributed by atoms with van der Waals surface area (Å²) in [4.78, 5) is 22.8. The number of aromatic carboxylic acids is 1. The Hall–Kier alpha value is -2.68. The molecule has 0 bridgehead atoms. The Balaban J connectivity index is 1.68. The van der Waals surface area contributed by atoms with Gasteiger partial charge in [0.1, 0.15) is 5.82 Å². The summed E-state index contributed by atoms with van der Waals surface area (Å²) in [6.45, 7) is 2.66. The van der Waals surface area contributed by atoms with Crippen molar-refractivity contribution in [3.8, 4) is 0 Å². The largest absolute Gasteiger partial charge is 0.476 e. The molecule has 2 aliphatic rings. The molecule has 2 N–H and O–H groups in total. The van der Waals surface area contributed by atoms with Crippen LogP contribution in [0.15, 0.2) is 6.07 Å². The number of carboxylic acids is 1. The average Bonchev–Trinajstić information content (AvgIpc) is 3.29. The first kappa shape index (κ1) is 16.8. The second kappa shape index (κ2) is 6.56. The molecule has 4 heterocycles. The highest BCUT2D eigenvalue weighted by Gasteiger charge is 2.29. The van der Waals surface area contributed by atoms with E-state index in [0.29, 0.717) is 19.1 Å². The Labute approximate surface area is 151 Å². The minimum Gasteiger partial charge on any atom is -0.476 e. The minimum absolute atomic E-state index is 0.125. The molecule has 1 fully saturated rings. The summed E-state index contributed by atoms with van der Waals surface area (Å²) in [5.74, 6) is 0.653. The van der Waals surface area contributed by atoms with E-state index in [4.69, 9.17) is 4.74 Å². The first-order valence-electron chi connectivity index (χ1n) is 8.74. The number of rotatable bonds is 4. The van der Waals surface area contributed by atoms with E-state index in [-0.39, 0.29) is 11.6 Å². The summed E-state index contributed by atoms with van der Waals surface area (Å²) >= 11 is 0. The van der Waals surface area contributed by atoms with Crippen LogP contribution in [-0.2, 0) is 24.8 Å². The lowest BCUT2D eigenvalue weighted by Crippen LogP contribution is -2.32. The monoisotopic (exact) mass is 358 g/mol. The number of anilines is 2. The van der Waals surface area contributed by atoms with Gasteiger partial charge in [-0.2, -0.15) is 10.1 Å². The number of nitrogens with one attached hydrogen (secondary N) is 1. The van der Waals surface area contributed by atoms with Crippen molar-refractivity contribution in [3.63, 3.8) is 0 Å². The van der Waals surface area contributed by atoms with Gasteiger partial charge >= 0.3 is 5.97 Å². The Morgan fingerprint density at radius 1 is 1.42 bits per heavy atom. The molecule has 2 aliphatic heterocycles. The molecule has 0 amide bonds. The molecule has 26 heavy (non-hydrogen) atoms. The van der Waals surface area contributed by atoms with Gasteiger partial charge < -0.3 is 20.1 Å². The van der Waals surface area contributed by atoms with Gasteiger partial charge in [0, 0.05) is 63.5 Å². The maximum atomic E-state index is 11.5. The van der Waals surface area contributed by atoms with Crippen LogP contribution in [0.25, 0.3) is 0 Å². The predicted octanol–water partition coefficient (Wildman–Crippen LogP) is 1.02. The van der Waals surface area contributed by atoms with Gasteiger partial charge in [0.15, 0.2) is 5.69 Å². The number of aromatic nitrogens is 4. The normalized spacial score (nSPS) is 19.5. The summed E-state index contributed by atoms with van der Waals surface area (Å²) < 4.78 is 7.17. The maximum Gasteiger partial charge on any atom is 0.356 e. The summed E-state index contributed by atoms with van der Waals surface area (Å²) in [6.07, 6.45) is 1.68. The van der Waals surface area contributed by atoms with Crippen molar-refractivity contribution in [1.29, 1.82) is 0 Å². The van der Waals surface area contributed by atoms with Crippen molar-refractivity contribution in [2.45, 2.75) is 25.3 Å². The first-order chi connectivity index (χ1) is 12.6. The lowest BCUT2D eigenvalue weighted by molar-refractivity contribution is 0.0688. The van der Waals surface area contributed by atoms with Crippen molar-refractivity contribution >= 4 is 17.7 Å². The molecule has 0 aliphatic carbocycles. The highest BCUT2D eigenvalue weighted by atomic mass is 16.5. The number of nitrogens with zero attached hydrogens (tertiary/aromatic N) is 5. The van der Waals surface area contributed by atoms with Crippen LogP contribution in [0.4, 0.5) is 11.8 Å². The summed E-state index contributed by atoms with van der Waals surface area (Å²) in [5, 5.41) is 16.6. The molecule has 1 unspecified atom stereocenters. The number of aryl methyl sites for hydroxylation is 1. The van der Waals surface area contributed by atoms with Gasteiger partial charge in [-0.15, -0.1) is 0 Å². The third-order valence-corrected chi connectivity index (χ3v) is 5.07. The molecule has 4 rings (SSSR count). The van der Waals surface area contributed by atoms with E-state index in [1.165, 1.54) is 0 Å². The summed E-state index contributed by atoms with van der Waals surface area (Å²) in [7, 11) is 3.59. The van der Waals surface area contributed by atoms with Crippen LogP contribution in [-0.4, -0.2) is 57.6 Å². The van der Waals surface area contributed by atoms with Crippen LogP contribution in [0.3, 0.4) is 0 Å². The number of ether oxygens (including phenoxy) is 1. The fourth-order valence-corrected chi connectivity index (χ4v) is 3.66. The Bertz CT molecular complexity index is 843. The number of hydrogen-bond donors (Lipinski definition) is 2. The van der Waals surface area contributed by atoms with E-state index in [1.54, 1.807) is 18.8 Å². The average molecular weight is 358 g/mol. The van der Waals surface area contributed by atoms with Crippen molar-refractivity contribution in [1.82, 2.24) is 19.7 Å². The topological polar surface area (TPSA) is 105 Å². The number of hydrogen-bond acceptors (Lipinski definition) is 7. The molecular weight excluding hydrogens is 336 g/mol. The minimum atomic E-state index is -0.994. The van der Waals surface area contributed by atoms with Crippen molar-refractivity contribution < 1.29 is 14.6 Å². The molecule has 138 valence electrons. The lowest BCUT2D eigenvalue weighted by Gasteiger charge is -2.29. The van der Waals surface area contributed by atoms with Gasteiger partial charge in [0.05, 0.1) is 12.3 Å². The van der Waals surface area contributed by atoms with Gasteiger partial charge in [0.25, 0.3) is 0 Å². The molecule has 0 aromatic carbocycles. The molecule has 2 aromatic rings. The zero-order valence-corrected chi connectivity index (χ0v) is 14.9. The van der Waals surface area contributed by atoms with Crippen LogP contribution in [0, 0.1) is 0 Å². The molecular formula is C17H22N6O3. The second-order valence-electron chi connectivity index (χ2n) is 6.66. The SMILES string of the molecule is CNc1nc(C2CCOC2)cc(N2CCc3c(c(C(=O)O)nn3C)C2)n1. The predicted molar refractivity (Wildman–Crippen MR) is 94.7 cm³/mol. The molecule has 1 atom stereocenters. The summed E-state index contributed by atoms with van der Waals surface area (Å²) in [6, 6.07) is 2.00. The highest BCUT2D eigenvalue weighted by Crippen LogP contribution is 2.30. The zero-order valence-electron chi connectivity index (χ0n) is 14.9. The Morgan fingerprint density at radius 2 is 2.27 bits per heavy atom. The molecule has 2 aromatic heterocycles. The van der Waals surface area contributed by atoms with E-state index >= 15 is 0 Å². The molecule has 1 saturated heterocycles. The van der Waals surface area contributed by atoms with E-state index in [0.717, 1.165) is 48.8 Å². The second-order valence-corrected chi connectivity index (χ2v) is 6.66. The molecule has 9 heteroatoms. The number of carbonyl (C=O) groups is 1. The highest BCUT2D eigenvalue weighted by molar-refractivity contribution is 5.87. The third kappa shape index (κ3) is 2.88. The van der Waals surface area contributed by atoms with Crippen molar-refractivity contribution in [3.05, 3.63) is 28.7 Å². The number of fused-ring (bicyclic) bond motifs is 1. The molecule has 0 radical (unpaired) electrons. The van der Waals surface area contributed by atoms with Crippen LogP contribution >= 0.6 is 0 Å². The fraction of sp³-hybridized carbons (Fsp3) is 0.529. The maximum absolute atomic E-state index is 11.5. The van der Waals surface area contributed by atoms with Crippen LogP contribution in [0.5, 0.6) is 0 Å². The van der Waals surface area contributed by atoms with Crippen LogP contribution < -0.4 is 10.2 Å². The van der Waals surface area contributed by atoms with Crippen molar-refractivity contribution in [2.24, 2.45) is 7.05 Å². The zero-order chi connectivity index (χ0) is 18.3. The van der Waals surface area contributed by atoms with E-state index in [2.05, 4.69) is 25.3 Å². The molecule has 9 nitrogen and oxygen atoms in total. The first-order valence-corrected chi connectivity index (χ1v) is 8.74. The third-order valence-electron chi connectivity index (χ3n) is 5.07. The Morgan fingerprint density at radius 3 is 2.96 bits per heavy atom. The van der Waals surface area contributed by atoms with Gasteiger partial charge in [-0.05, 0) is 6.42 Å². The van der Waals surface area contributed by atoms with E-state index in [1.807, 2.05) is 6.07 Å². The van der Waals surface area contributed by atoms with E-state index < -0.39 is 5.97 Å². The molecule has 0 spiro atoms. The number of carboxylic acid groups (broad SMARTS) is 1. The van der Waals surface area contributed by atoms with Gasteiger partial charge in [-0.3, -0.25) is 4.68 Å². The van der Waals surface area contributed by atoms with Crippen molar-refractivity contribution in [2.75, 3.05) is 37.0 Å². The van der Waals surface area contributed by atoms with Gasteiger partial charge in [-0.25, -0.2) is 9.78 Å². The van der Waals surface area contributed by atoms with Gasteiger partial charge in [0.2, 0.25) is 5.95 Å². The lowest BCUT2D eigenvalue weighted by atomic mass is 10.0. The van der Waals surface area contributed by atoms with Crippen LogP contribution in [0.2, 0.25) is 0 Å². The molecule has 0 saturated carbocycles. The van der Waals surface area contributed by atoms with Gasteiger partial charge in [-0.1, -0.05) is 0 Å². The van der Waals surface area contributed by atoms with Crippen LogP contribution in [0.1, 0.15) is 39.8 Å². The quantitative estimate of drug-likeness (QED) is 0.834.